The minimum absolute atomic E-state index is 0.0217. The molecule has 0 aliphatic rings. The van der Waals surface area contributed by atoms with E-state index in [0.29, 0.717) is 11.3 Å². The van der Waals surface area contributed by atoms with Crippen LogP contribution in [0.1, 0.15) is 33.8 Å². The van der Waals surface area contributed by atoms with Crippen molar-refractivity contribution >= 4 is 22.9 Å². The Morgan fingerprint density at radius 2 is 2.15 bits per heavy atom. The maximum atomic E-state index is 14.1. The Bertz CT molecular complexity index is 625. The molecule has 2 N–H and O–H groups in total. The highest BCUT2D eigenvalue weighted by Crippen LogP contribution is 2.26. The predicted molar refractivity (Wildman–Crippen MR) is 80.4 cm³/mol. The Kier molecular flexibility index (Phi) is 4.09. The number of amides is 1. The highest BCUT2D eigenvalue weighted by atomic mass is 32.1. The van der Waals surface area contributed by atoms with Crippen molar-refractivity contribution in [2.24, 2.45) is 0 Å². The standard InChI is InChI=1S/C15H17FN2OS/c1-9-7-11(17)8-12(14(9)16)15(19)18(3)10(2)13-5-4-6-20-13/h4-8,10H,17H2,1-3H3. The summed E-state index contributed by atoms with van der Waals surface area (Å²) in [6, 6.07) is 6.70. The maximum absolute atomic E-state index is 14.1. The molecular formula is C15H17FN2OS. The number of carbonyl (C=O) groups excluding carboxylic acids is 1. The van der Waals surface area contributed by atoms with Crippen molar-refractivity contribution in [3.8, 4) is 0 Å². The van der Waals surface area contributed by atoms with E-state index in [4.69, 9.17) is 5.73 Å². The van der Waals surface area contributed by atoms with Crippen LogP contribution in [0.3, 0.4) is 0 Å². The second-order valence-corrected chi connectivity index (χ2v) is 5.79. The zero-order valence-corrected chi connectivity index (χ0v) is 12.5. The number of nitrogen functional groups attached to an aromatic ring is 1. The normalized spacial score (nSPS) is 12.2. The quantitative estimate of drug-likeness (QED) is 0.878. The number of aryl methyl sites for hydroxylation is 1. The van der Waals surface area contributed by atoms with E-state index >= 15 is 0 Å². The Labute approximate surface area is 121 Å². The zero-order valence-electron chi connectivity index (χ0n) is 11.7. The number of thiophene rings is 1. The van der Waals surface area contributed by atoms with Crippen LogP contribution in [0, 0.1) is 12.7 Å². The van der Waals surface area contributed by atoms with Crippen molar-refractivity contribution in [3.05, 3.63) is 51.5 Å². The van der Waals surface area contributed by atoms with Gasteiger partial charge in [0.15, 0.2) is 0 Å². The van der Waals surface area contributed by atoms with Crippen molar-refractivity contribution in [1.29, 1.82) is 0 Å². The summed E-state index contributed by atoms with van der Waals surface area (Å²) in [7, 11) is 1.67. The van der Waals surface area contributed by atoms with E-state index in [-0.39, 0.29) is 17.5 Å². The lowest BCUT2D eigenvalue weighted by Crippen LogP contribution is -2.30. The smallest absolute Gasteiger partial charge is 0.257 e. The molecule has 0 radical (unpaired) electrons. The van der Waals surface area contributed by atoms with Gasteiger partial charge in [0.1, 0.15) is 5.82 Å². The number of carbonyl (C=O) groups is 1. The molecule has 0 saturated carbocycles. The van der Waals surface area contributed by atoms with Crippen LogP contribution in [-0.4, -0.2) is 17.9 Å². The van der Waals surface area contributed by atoms with E-state index in [1.165, 1.54) is 17.0 Å². The molecule has 0 bridgehead atoms. The molecule has 1 unspecified atom stereocenters. The lowest BCUT2D eigenvalue weighted by Gasteiger charge is -2.24. The summed E-state index contributed by atoms with van der Waals surface area (Å²) in [5.41, 5.74) is 6.50. The van der Waals surface area contributed by atoms with Crippen LogP contribution in [0.4, 0.5) is 10.1 Å². The molecule has 1 aromatic carbocycles. The lowest BCUT2D eigenvalue weighted by atomic mass is 10.1. The van der Waals surface area contributed by atoms with Crippen LogP contribution in [-0.2, 0) is 0 Å². The minimum atomic E-state index is -0.505. The molecule has 0 aliphatic carbocycles. The number of hydrogen-bond acceptors (Lipinski definition) is 3. The number of anilines is 1. The van der Waals surface area contributed by atoms with E-state index in [9.17, 15) is 9.18 Å². The first kappa shape index (κ1) is 14.5. The third-order valence-electron chi connectivity index (χ3n) is 3.36. The molecule has 0 spiro atoms. The first-order valence-corrected chi connectivity index (χ1v) is 7.16. The van der Waals surface area contributed by atoms with Crippen LogP contribution in [0.25, 0.3) is 0 Å². The van der Waals surface area contributed by atoms with Crippen molar-refractivity contribution in [2.75, 3.05) is 12.8 Å². The lowest BCUT2D eigenvalue weighted by molar-refractivity contribution is 0.0740. The molecule has 0 saturated heterocycles. The molecule has 20 heavy (non-hydrogen) atoms. The van der Waals surface area contributed by atoms with Gasteiger partial charge in [0, 0.05) is 17.6 Å². The Hall–Kier alpha value is -1.88. The van der Waals surface area contributed by atoms with Gasteiger partial charge in [0.05, 0.1) is 11.6 Å². The maximum Gasteiger partial charge on any atom is 0.257 e. The van der Waals surface area contributed by atoms with Gasteiger partial charge in [0.2, 0.25) is 0 Å². The van der Waals surface area contributed by atoms with Crippen LogP contribution >= 0.6 is 11.3 Å². The third kappa shape index (κ3) is 2.67. The van der Waals surface area contributed by atoms with Gasteiger partial charge in [-0.05, 0) is 43.0 Å². The van der Waals surface area contributed by atoms with Crippen LogP contribution < -0.4 is 5.73 Å². The molecule has 1 amide bonds. The summed E-state index contributed by atoms with van der Waals surface area (Å²) in [5.74, 6) is -0.867. The summed E-state index contributed by atoms with van der Waals surface area (Å²) in [5, 5.41) is 1.95. The van der Waals surface area contributed by atoms with Crippen LogP contribution in [0.5, 0.6) is 0 Å². The number of hydrogen-bond donors (Lipinski definition) is 1. The first-order chi connectivity index (χ1) is 9.41. The summed E-state index contributed by atoms with van der Waals surface area (Å²) in [4.78, 5) is 15.0. The molecule has 0 aliphatic heterocycles. The average Bonchev–Trinajstić information content (AvgIpc) is 2.94. The highest BCUT2D eigenvalue weighted by Gasteiger charge is 2.23. The molecule has 3 nitrogen and oxygen atoms in total. The molecule has 1 heterocycles. The molecule has 2 rings (SSSR count). The van der Waals surface area contributed by atoms with E-state index in [1.54, 1.807) is 25.3 Å². The number of benzene rings is 1. The predicted octanol–water partition coefficient (Wildman–Crippen LogP) is 3.61. The Morgan fingerprint density at radius 3 is 2.75 bits per heavy atom. The van der Waals surface area contributed by atoms with Gasteiger partial charge in [-0.1, -0.05) is 6.07 Å². The van der Waals surface area contributed by atoms with E-state index < -0.39 is 5.82 Å². The van der Waals surface area contributed by atoms with Crippen LogP contribution in [0.2, 0.25) is 0 Å². The molecule has 106 valence electrons. The fourth-order valence-corrected chi connectivity index (χ4v) is 2.87. The fourth-order valence-electron chi connectivity index (χ4n) is 2.04. The summed E-state index contributed by atoms with van der Waals surface area (Å²) >= 11 is 1.57. The summed E-state index contributed by atoms with van der Waals surface area (Å²) in [6.07, 6.45) is 0. The highest BCUT2D eigenvalue weighted by molar-refractivity contribution is 7.10. The van der Waals surface area contributed by atoms with Crippen molar-refractivity contribution < 1.29 is 9.18 Å². The SMILES string of the molecule is Cc1cc(N)cc(C(=O)N(C)C(C)c2cccs2)c1F. The van der Waals surface area contributed by atoms with Gasteiger partial charge in [-0.3, -0.25) is 4.79 Å². The number of nitrogens with two attached hydrogens (primary N) is 1. The van der Waals surface area contributed by atoms with Gasteiger partial charge < -0.3 is 10.6 Å². The van der Waals surface area contributed by atoms with E-state index in [2.05, 4.69) is 0 Å². The van der Waals surface area contributed by atoms with Crippen molar-refractivity contribution in [2.45, 2.75) is 19.9 Å². The first-order valence-electron chi connectivity index (χ1n) is 6.28. The number of halogens is 1. The van der Waals surface area contributed by atoms with Gasteiger partial charge in [-0.2, -0.15) is 0 Å². The monoisotopic (exact) mass is 292 g/mol. The molecule has 1 atom stereocenters. The van der Waals surface area contributed by atoms with E-state index in [0.717, 1.165) is 4.88 Å². The molecule has 5 heteroatoms. The topological polar surface area (TPSA) is 46.3 Å². The molecule has 2 aromatic rings. The largest absolute Gasteiger partial charge is 0.399 e. The fraction of sp³-hybridized carbons (Fsp3) is 0.267. The van der Waals surface area contributed by atoms with Gasteiger partial charge in [-0.25, -0.2) is 4.39 Å². The Balaban J connectivity index is 2.32. The van der Waals surface area contributed by atoms with Crippen molar-refractivity contribution in [1.82, 2.24) is 4.90 Å². The van der Waals surface area contributed by atoms with Gasteiger partial charge in [0.25, 0.3) is 5.91 Å². The summed E-state index contributed by atoms with van der Waals surface area (Å²) in [6.45, 7) is 3.52. The van der Waals surface area contributed by atoms with Gasteiger partial charge in [-0.15, -0.1) is 11.3 Å². The second kappa shape index (κ2) is 5.63. The molecular weight excluding hydrogens is 275 g/mol. The third-order valence-corrected chi connectivity index (χ3v) is 4.41. The van der Waals surface area contributed by atoms with E-state index in [1.807, 2.05) is 24.4 Å². The molecule has 0 fully saturated rings. The minimum Gasteiger partial charge on any atom is -0.399 e. The number of nitrogens with zero attached hydrogens (tertiary/aromatic N) is 1. The van der Waals surface area contributed by atoms with Crippen molar-refractivity contribution in [3.63, 3.8) is 0 Å². The molecule has 1 aromatic heterocycles. The number of rotatable bonds is 3. The Morgan fingerprint density at radius 1 is 1.45 bits per heavy atom. The van der Waals surface area contributed by atoms with Gasteiger partial charge >= 0.3 is 0 Å². The average molecular weight is 292 g/mol. The zero-order chi connectivity index (χ0) is 14.9. The van der Waals surface area contributed by atoms with Crippen LogP contribution in [0.15, 0.2) is 29.6 Å². The summed E-state index contributed by atoms with van der Waals surface area (Å²) < 4.78 is 14.1. The second-order valence-electron chi connectivity index (χ2n) is 4.81.